The maximum Gasteiger partial charge on any atom is 0.261 e. The Morgan fingerprint density at radius 1 is 0.892 bits per heavy atom. The van der Waals surface area contributed by atoms with Gasteiger partial charge in [-0.1, -0.05) is 105 Å². The van der Waals surface area contributed by atoms with Crippen LogP contribution < -0.4 is 10.4 Å². The van der Waals surface area contributed by atoms with Crippen molar-refractivity contribution in [2.24, 2.45) is 5.92 Å². The maximum atomic E-state index is 7.70. The van der Waals surface area contributed by atoms with Crippen molar-refractivity contribution in [1.82, 2.24) is 0 Å². The average Bonchev–Trinajstić information content (AvgIpc) is 3.16. The lowest BCUT2D eigenvalue weighted by Crippen LogP contribution is -2.69. The standard InChI is InChI=1S/C33H46O3Si/c1-24(2)16-15-17-25(3)30-28(22-23-29-31(30)35-33(7,8)34-29)36-37(32(4,5)6,26-18-11-9-12-19-26)27-20-13-10-14-21-27/h9-14,16-21,28-31H,15,22-23H2,1-8H3/b25-17-/t28-,29+,30+,31+/m0/s1. The van der Waals surface area contributed by atoms with Gasteiger partial charge in [0.15, 0.2) is 5.79 Å². The number of fused-ring (bicyclic) bond motifs is 1. The second-order valence-electron chi connectivity index (χ2n) is 12.5. The van der Waals surface area contributed by atoms with Gasteiger partial charge < -0.3 is 13.9 Å². The highest BCUT2D eigenvalue weighted by Crippen LogP contribution is 2.46. The van der Waals surface area contributed by atoms with Gasteiger partial charge in [0.2, 0.25) is 0 Å². The summed E-state index contributed by atoms with van der Waals surface area (Å²) in [4.78, 5) is 0. The van der Waals surface area contributed by atoms with Crippen LogP contribution in [0.15, 0.2) is 84.0 Å². The third-order valence-corrected chi connectivity index (χ3v) is 13.0. The van der Waals surface area contributed by atoms with Crippen LogP contribution in [0, 0.1) is 5.92 Å². The Kier molecular flexibility index (Phi) is 8.35. The van der Waals surface area contributed by atoms with Gasteiger partial charge in [0.1, 0.15) is 0 Å². The topological polar surface area (TPSA) is 27.7 Å². The van der Waals surface area contributed by atoms with Crippen LogP contribution in [0.4, 0.5) is 0 Å². The van der Waals surface area contributed by atoms with Gasteiger partial charge in [-0.05, 0) is 69.3 Å². The summed E-state index contributed by atoms with van der Waals surface area (Å²) in [6, 6.07) is 22.0. The first-order valence-electron chi connectivity index (χ1n) is 13.9. The van der Waals surface area contributed by atoms with Gasteiger partial charge in [-0.15, -0.1) is 0 Å². The summed E-state index contributed by atoms with van der Waals surface area (Å²) in [6.45, 7) is 17.7. The Balaban J connectivity index is 1.82. The SMILES string of the molecule is CC(C)=CC/C=C(/C)[C@H]1[C@@H]2OC(C)(C)O[C@@H]2CC[C@@H]1O[Si](c1ccccc1)(c1ccccc1)C(C)(C)C. The molecule has 1 aliphatic carbocycles. The van der Waals surface area contributed by atoms with Crippen molar-refractivity contribution in [3.05, 3.63) is 84.0 Å². The first kappa shape index (κ1) is 28.0. The number of hydrogen-bond acceptors (Lipinski definition) is 3. The lowest BCUT2D eigenvalue weighted by atomic mass is 9.78. The summed E-state index contributed by atoms with van der Waals surface area (Å²) in [5.41, 5.74) is 2.68. The van der Waals surface area contributed by atoms with E-state index in [1.54, 1.807) is 0 Å². The lowest BCUT2D eigenvalue weighted by Gasteiger charge is -2.49. The molecule has 4 rings (SSSR count). The Morgan fingerprint density at radius 3 is 1.97 bits per heavy atom. The van der Waals surface area contributed by atoms with E-state index in [1.807, 2.05) is 13.8 Å². The molecule has 1 saturated carbocycles. The Labute approximate surface area is 226 Å². The van der Waals surface area contributed by atoms with E-state index in [1.165, 1.54) is 21.5 Å². The van der Waals surface area contributed by atoms with Gasteiger partial charge in [-0.2, -0.15) is 0 Å². The molecule has 3 nitrogen and oxygen atoms in total. The molecule has 0 aromatic heterocycles. The van der Waals surface area contributed by atoms with Crippen LogP contribution in [0.3, 0.4) is 0 Å². The van der Waals surface area contributed by atoms with Crippen molar-refractivity contribution in [1.29, 1.82) is 0 Å². The zero-order valence-electron chi connectivity index (χ0n) is 24.1. The number of allylic oxidation sites excluding steroid dienone is 3. The summed E-state index contributed by atoms with van der Waals surface area (Å²) in [7, 11) is -2.69. The normalized spacial score (nSPS) is 26.0. The quantitative estimate of drug-likeness (QED) is 0.287. The summed E-state index contributed by atoms with van der Waals surface area (Å²) >= 11 is 0. The molecule has 4 heteroatoms. The molecule has 37 heavy (non-hydrogen) atoms. The van der Waals surface area contributed by atoms with Crippen LogP contribution in [-0.2, 0) is 13.9 Å². The predicted octanol–water partition coefficient (Wildman–Crippen LogP) is 7.16. The molecule has 0 amide bonds. The first-order valence-corrected chi connectivity index (χ1v) is 15.8. The number of hydrogen-bond donors (Lipinski definition) is 0. The van der Waals surface area contributed by atoms with E-state index in [0.717, 1.165) is 19.3 Å². The molecule has 2 aromatic carbocycles. The molecule has 0 N–H and O–H groups in total. The summed E-state index contributed by atoms with van der Waals surface area (Å²) in [5.74, 6) is -0.423. The monoisotopic (exact) mass is 518 g/mol. The van der Waals surface area contributed by atoms with Gasteiger partial charge in [-0.25, -0.2) is 0 Å². The van der Waals surface area contributed by atoms with Crippen LogP contribution >= 0.6 is 0 Å². The third kappa shape index (κ3) is 5.88. The van der Waals surface area contributed by atoms with Crippen LogP contribution in [0.25, 0.3) is 0 Å². The van der Waals surface area contributed by atoms with E-state index < -0.39 is 14.1 Å². The zero-order valence-corrected chi connectivity index (χ0v) is 25.1. The maximum absolute atomic E-state index is 7.70. The van der Waals surface area contributed by atoms with E-state index in [2.05, 4.69) is 114 Å². The second kappa shape index (κ2) is 11.0. The largest absolute Gasteiger partial charge is 0.404 e. The van der Waals surface area contributed by atoms with Gasteiger partial charge in [0, 0.05) is 5.92 Å². The van der Waals surface area contributed by atoms with E-state index in [9.17, 15) is 0 Å². The van der Waals surface area contributed by atoms with E-state index in [-0.39, 0.29) is 29.3 Å². The highest BCUT2D eigenvalue weighted by atomic mass is 28.4. The van der Waals surface area contributed by atoms with Crippen LogP contribution in [0.1, 0.15) is 74.7 Å². The molecular formula is C33H46O3Si. The molecule has 2 aromatic rings. The van der Waals surface area contributed by atoms with Crippen molar-refractivity contribution in [2.75, 3.05) is 0 Å². The summed E-state index contributed by atoms with van der Waals surface area (Å²) < 4.78 is 20.7. The van der Waals surface area contributed by atoms with Crippen LogP contribution in [0.2, 0.25) is 5.04 Å². The molecule has 2 fully saturated rings. The Hall–Kier alpha value is -1.98. The fourth-order valence-electron chi connectivity index (χ4n) is 6.33. The van der Waals surface area contributed by atoms with Crippen molar-refractivity contribution < 1.29 is 13.9 Å². The van der Waals surface area contributed by atoms with Crippen molar-refractivity contribution in [2.45, 2.75) is 104 Å². The van der Waals surface area contributed by atoms with Crippen LogP contribution in [0.5, 0.6) is 0 Å². The van der Waals surface area contributed by atoms with E-state index in [0.29, 0.717) is 0 Å². The van der Waals surface area contributed by atoms with Crippen LogP contribution in [-0.4, -0.2) is 32.4 Å². The molecule has 0 radical (unpaired) electrons. The molecule has 2 aliphatic rings. The molecule has 0 spiro atoms. The minimum absolute atomic E-state index is 0.00471. The smallest absolute Gasteiger partial charge is 0.261 e. The fraction of sp³-hybridized carbons (Fsp3) is 0.515. The first-order chi connectivity index (χ1) is 17.4. The lowest BCUT2D eigenvalue weighted by molar-refractivity contribution is -0.149. The number of ether oxygens (including phenoxy) is 2. The highest BCUT2D eigenvalue weighted by molar-refractivity contribution is 6.99. The molecule has 1 heterocycles. The molecule has 4 atom stereocenters. The molecule has 200 valence electrons. The van der Waals surface area contributed by atoms with Crippen molar-refractivity contribution in [3.63, 3.8) is 0 Å². The molecule has 1 saturated heterocycles. The van der Waals surface area contributed by atoms with E-state index >= 15 is 0 Å². The summed E-state index contributed by atoms with van der Waals surface area (Å²) in [5, 5.41) is 2.58. The minimum Gasteiger partial charge on any atom is -0.404 e. The highest BCUT2D eigenvalue weighted by Gasteiger charge is 2.56. The van der Waals surface area contributed by atoms with Gasteiger partial charge in [0.25, 0.3) is 8.32 Å². The van der Waals surface area contributed by atoms with Gasteiger partial charge in [0.05, 0.1) is 18.3 Å². The van der Waals surface area contributed by atoms with Crippen molar-refractivity contribution >= 4 is 18.7 Å². The molecule has 1 aliphatic heterocycles. The number of rotatable bonds is 7. The predicted molar refractivity (Wildman–Crippen MR) is 157 cm³/mol. The summed E-state index contributed by atoms with van der Waals surface area (Å²) in [6.07, 6.45) is 7.65. The molecule has 0 unspecified atom stereocenters. The molecule has 0 bridgehead atoms. The Bertz CT molecular complexity index is 1050. The third-order valence-electron chi connectivity index (χ3n) is 7.95. The van der Waals surface area contributed by atoms with E-state index in [4.69, 9.17) is 13.9 Å². The van der Waals surface area contributed by atoms with Gasteiger partial charge >= 0.3 is 0 Å². The second-order valence-corrected chi connectivity index (χ2v) is 16.8. The average molecular weight is 519 g/mol. The number of benzene rings is 2. The van der Waals surface area contributed by atoms with Gasteiger partial charge in [-0.3, -0.25) is 0 Å². The zero-order chi connectivity index (χ0) is 26.8. The minimum atomic E-state index is -2.69. The fourth-order valence-corrected chi connectivity index (χ4v) is 11.1. The van der Waals surface area contributed by atoms with Crippen molar-refractivity contribution in [3.8, 4) is 0 Å². The Morgan fingerprint density at radius 2 is 1.46 bits per heavy atom. The molecular weight excluding hydrogens is 472 g/mol.